The van der Waals surface area contributed by atoms with Crippen LogP contribution in [0.5, 0.6) is 0 Å². The van der Waals surface area contributed by atoms with Gasteiger partial charge in [-0.05, 0) is 12.1 Å². The molecule has 148 valence electrons. The summed E-state index contributed by atoms with van der Waals surface area (Å²) in [6.07, 6.45) is 4.92. The number of aromatic nitrogens is 5. The van der Waals surface area contributed by atoms with Crippen LogP contribution >= 0.6 is 15.9 Å². The van der Waals surface area contributed by atoms with E-state index in [1.54, 1.807) is 12.5 Å². The summed E-state index contributed by atoms with van der Waals surface area (Å²) < 4.78 is 0.953. The largest absolute Gasteiger partial charge is 0.480 e. The van der Waals surface area contributed by atoms with E-state index in [2.05, 4.69) is 45.7 Å². The summed E-state index contributed by atoms with van der Waals surface area (Å²) in [6, 6.07) is 5.14. The van der Waals surface area contributed by atoms with Crippen LogP contribution in [0.2, 0.25) is 0 Å². The molecule has 0 bridgehead atoms. The van der Waals surface area contributed by atoms with Crippen LogP contribution in [0.1, 0.15) is 11.6 Å². The Morgan fingerprint density at radius 3 is 2.76 bits per heavy atom. The maximum Gasteiger partial charge on any atom is 0.325 e. The van der Waals surface area contributed by atoms with Gasteiger partial charge in [0.15, 0.2) is 11.5 Å². The van der Waals surface area contributed by atoms with Crippen molar-refractivity contribution in [1.29, 1.82) is 0 Å². The lowest BCUT2D eigenvalue weighted by Crippen LogP contribution is -2.49. The molecule has 3 aromatic heterocycles. The topological polar surface area (TPSA) is 114 Å². The number of nitrogens with one attached hydrogen (secondary N) is 2. The SMILES string of the molecule is O=C(O)[C@@H](c1c[nH]c2cc(Br)ccc12)N1CCN(c2ncnc3nc[nH]c23)CC1. The predicted octanol–water partition coefficient (Wildman–Crippen LogP) is 2.54. The second-order valence-corrected chi connectivity index (χ2v) is 7.91. The standard InChI is InChI=1S/C19H18BrN7O2/c20-11-1-2-12-13(8-21-14(12)7-11)16(19(28)29)26-3-5-27(6-4-26)18-15-17(23-9-22-15)24-10-25-18/h1-2,7-10,16,21H,3-6H2,(H,28,29)(H,22,23,24,25)/t16-/m1/s1. The third kappa shape index (κ3) is 3.14. The minimum Gasteiger partial charge on any atom is -0.480 e. The number of anilines is 1. The number of aliphatic carboxylic acids is 1. The third-order valence-electron chi connectivity index (χ3n) is 5.39. The molecule has 1 aliphatic rings. The van der Waals surface area contributed by atoms with E-state index in [-0.39, 0.29) is 0 Å². The van der Waals surface area contributed by atoms with Crippen LogP contribution in [-0.2, 0) is 4.79 Å². The van der Waals surface area contributed by atoms with Gasteiger partial charge in [-0.3, -0.25) is 9.69 Å². The van der Waals surface area contributed by atoms with Crippen molar-refractivity contribution in [2.45, 2.75) is 6.04 Å². The second kappa shape index (κ2) is 7.12. The summed E-state index contributed by atoms with van der Waals surface area (Å²) >= 11 is 3.46. The van der Waals surface area contributed by atoms with Crippen molar-refractivity contribution in [3.05, 3.63) is 47.1 Å². The molecule has 9 nitrogen and oxygen atoms in total. The van der Waals surface area contributed by atoms with Crippen molar-refractivity contribution in [3.63, 3.8) is 0 Å². The van der Waals surface area contributed by atoms with Gasteiger partial charge < -0.3 is 20.0 Å². The number of rotatable bonds is 4. The quantitative estimate of drug-likeness (QED) is 0.433. The van der Waals surface area contributed by atoms with Gasteiger partial charge in [-0.1, -0.05) is 22.0 Å². The molecule has 4 heterocycles. The summed E-state index contributed by atoms with van der Waals surface area (Å²) in [4.78, 5) is 35.4. The maximum atomic E-state index is 12.2. The fraction of sp³-hybridized carbons (Fsp3) is 0.263. The summed E-state index contributed by atoms with van der Waals surface area (Å²) in [5.41, 5.74) is 3.14. The van der Waals surface area contributed by atoms with Crippen molar-refractivity contribution in [3.8, 4) is 0 Å². The van der Waals surface area contributed by atoms with Gasteiger partial charge in [0.25, 0.3) is 0 Å². The Bertz CT molecular complexity index is 1200. The van der Waals surface area contributed by atoms with Gasteiger partial charge in [0.05, 0.1) is 6.33 Å². The van der Waals surface area contributed by atoms with E-state index in [4.69, 9.17) is 0 Å². The lowest BCUT2D eigenvalue weighted by Gasteiger charge is -2.38. The molecule has 0 radical (unpaired) electrons. The molecule has 3 N–H and O–H groups in total. The zero-order chi connectivity index (χ0) is 20.0. The van der Waals surface area contributed by atoms with Crippen LogP contribution in [0.25, 0.3) is 22.1 Å². The first-order chi connectivity index (χ1) is 14.1. The molecule has 0 unspecified atom stereocenters. The number of fused-ring (bicyclic) bond motifs is 2. The highest BCUT2D eigenvalue weighted by molar-refractivity contribution is 9.10. The van der Waals surface area contributed by atoms with Crippen molar-refractivity contribution >= 4 is 49.8 Å². The first kappa shape index (κ1) is 18.1. The Morgan fingerprint density at radius 2 is 1.97 bits per heavy atom. The summed E-state index contributed by atoms with van der Waals surface area (Å²) in [6.45, 7) is 2.56. The van der Waals surface area contributed by atoms with E-state index in [1.165, 1.54) is 6.33 Å². The first-order valence-electron chi connectivity index (χ1n) is 9.24. The third-order valence-corrected chi connectivity index (χ3v) is 5.88. The summed E-state index contributed by atoms with van der Waals surface area (Å²) in [5.74, 6) is -0.0452. The molecule has 1 fully saturated rings. The van der Waals surface area contributed by atoms with Gasteiger partial charge in [-0.2, -0.15) is 0 Å². The lowest BCUT2D eigenvalue weighted by molar-refractivity contribution is -0.143. The predicted molar refractivity (Wildman–Crippen MR) is 112 cm³/mol. The van der Waals surface area contributed by atoms with E-state index in [1.807, 2.05) is 23.1 Å². The number of carboxylic acids is 1. The molecule has 0 spiro atoms. The summed E-state index contributed by atoms with van der Waals surface area (Å²) in [5, 5.41) is 10.9. The number of aromatic amines is 2. The number of halogens is 1. The zero-order valence-corrected chi connectivity index (χ0v) is 16.9. The molecule has 10 heteroatoms. The number of carbonyl (C=O) groups is 1. The van der Waals surface area contributed by atoms with Gasteiger partial charge in [0.1, 0.15) is 17.9 Å². The number of benzene rings is 1. The second-order valence-electron chi connectivity index (χ2n) is 7.00. The highest BCUT2D eigenvalue weighted by atomic mass is 79.9. The molecule has 1 aromatic carbocycles. The molecule has 4 aromatic rings. The van der Waals surface area contributed by atoms with Crippen molar-refractivity contribution in [1.82, 2.24) is 29.8 Å². The van der Waals surface area contributed by atoms with Crippen LogP contribution in [0.4, 0.5) is 5.82 Å². The van der Waals surface area contributed by atoms with Gasteiger partial charge in [0, 0.05) is 53.3 Å². The number of nitrogens with zero attached hydrogens (tertiary/aromatic N) is 5. The Balaban J connectivity index is 1.40. The van der Waals surface area contributed by atoms with E-state index >= 15 is 0 Å². The Kier molecular flexibility index (Phi) is 4.44. The fourth-order valence-corrected chi connectivity index (χ4v) is 4.38. The van der Waals surface area contributed by atoms with Crippen molar-refractivity contribution in [2.24, 2.45) is 0 Å². The molecule has 0 aliphatic carbocycles. The number of hydrogen-bond acceptors (Lipinski definition) is 6. The van der Waals surface area contributed by atoms with Crippen molar-refractivity contribution < 1.29 is 9.90 Å². The molecule has 0 saturated carbocycles. The Hall–Kier alpha value is -2.98. The molecule has 0 amide bonds. The zero-order valence-electron chi connectivity index (χ0n) is 15.3. The smallest absolute Gasteiger partial charge is 0.325 e. The molecule has 1 atom stereocenters. The van der Waals surface area contributed by atoms with Crippen LogP contribution in [0, 0.1) is 0 Å². The van der Waals surface area contributed by atoms with Crippen LogP contribution in [0.15, 0.2) is 41.5 Å². The molecule has 29 heavy (non-hydrogen) atoms. The number of hydrogen-bond donors (Lipinski definition) is 3. The normalized spacial score (nSPS) is 16.5. The van der Waals surface area contributed by atoms with Gasteiger partial charge in [-0.25, -0.2) is 15.0 Å². The molecular formula is C19H18BrN7O2. The number of piperazine rings is 1. The van der Waals surface area contributed by atoms with Crippen LogP contribution < -0.4 is 4.90 Å². The van der Waals surface area contributed by atoms with E-state index in [0.717, 1.165) is 32.3 Å². The molecular weight excluding hydrogens is 438 g/mol. The highest BCUT2D eigenvalue weighted by Crippen LogP contribution is 2.31. The first-order valence-corrected chi connectivity index (χ1v) is 10.0. The van der Waals surface area contributed by atoms with E-state index < -0.39 is 12.0 Å². The molecule has 1 saturated heterocycles. The van der Waals surface area contributed by atoms with Gasteiger partial charge >= 0.3 is 5.97 Å². The van der Waals surface area contributed by atoms with Gasteiger partial charge in [0.2, 0.25) is 0 Å². The maximum absolute atomic E-state index is 12.2. The molecule has 1 aliphatic heterocycles. The number of H-pyrrole nitrogens is 2. The lowest BCUT2D eigenvalue weighted by atomic mass is 10.0. The molecule has 5 rings (SSSR count). The Labute approximate surface area is 173 Å². The number of imidazole rings is 1. The fourth-order valence-electron chi connectivity index (χ4n) is 4.02. The minimum absolute atomic E-state index is 0.611. The average Bonchev–Trinajstić information content (AvgIpc) is 3.35. The van der Waals surface area contributed by atoms with Crippen molar-refractivity contribution in [2.75, 3.05) is 31.1 Å². The average molecular weight is 456 g/mol. The van der Waals surface area contributed by atoms with E-state index in [9.17, 15) is 9.90 Å². The van der Waals surface area contributed by atoms with Gasteiger partial charge in [-0.15, -0.1) is 0 Å². The number of carboxylic acid groups (broad SMARTS) is 1. The highest BCUT2D eigenvalue weighted by Gasteiger charge is 2.32. The monoisotopic (exact) mass is 455 g/mol. The van der Waals surface area contributed by atoms with Crippen LogP contribution in [0.3, 0.4) is 0 Å². The summed E-state index contributed by atoms with van der Waals surface area (Å²) in [7, 11) is 0. The van der Waals surface area contributed by atoms with Crippen LogP contribution in [-0.4, -0.2) is 67.1 Å². The Morgan fingerprint density at radius 1 is 1.14 bits per heavy atom. The minimum atomic E-state index is -0.847. The van der Waals surface area contributed by atoms with E-state index in [0.29, 0.717) is 31.8 Å².